The van der Waals surface area contributed by atoms with Gasteiger partial charge in [-0.25, -0.2) is 13.2 Å². The molecule has 0 unspecified atom stereocenters. The van der Waals surface area contributed by atoms with E-state index in [-0.39, 0.29) is 28.3 Å². The van der Waals surface area contributed by atoms with Crippen molar-refractivity contribution < 1.29 is 13.2 Å². The van der Waals surface area contributed by atoms with Gasteiger partial charge in [0.2, 0.25) is 0 Å². The quantitative estimate of drug-likeness (QED) is 0.647. The molecule has 0 spiro atoms. The monoisotopic (exact) mass is 423 g/mol. The number of fused-ring (bicyclic) bond motifs is 1. The summed E-state index contributed by atoms with van der Waals surface area (Å²) in [6.45, 7) is 0. The standard InChI is InChI=1S/C19H13ClF3N3OS/c20-17-15(25-14-6-7-28-18-11(14)2-1-3-12(18)22)9-24-26(19(17)27)16-5-4-10(21)8-13(16)23/h1-5,8-9,14,25H,6-7H2/t14-/m1/s1. The van der Waals surface area contributed by atoms with Gasteiger partial charge in [0.05, 0.1) is 17.9 Å². The van der Waals surface area contributed by atoms with Crippen molar-refractivity contribution in [3.63, 3.8) is 0 Å². The van der Waals surface area contributed by atoms with Crippen LogP contribution in [-0.2, 0) is 0 Å². The second kappa shape index (κ2) is 7.52. The first kappa shape index (κ1) is 18.9. The van der Waals surface area contributed by atoms with E-state index < -0.39 is 17.2 Å². The number of benzene rings is 2. The summed E-state index contributed by atoms with van der Waals surface area (Å²) in [6.07, 6.45) is 2.00. The second-order valence-corrected chi connectivity index (χ2v) is 7.66. The molecule has 0 fully saturated rings. The molecule has 1 aliphatic rings. The van der Waals surface area contributed by atoms with Crippen LogP contribution in [0.5, 0.6) is 0 Å². The van der Waals surface area contributed by atoms with Crippen molar-refractivity contribution >= 4 is 29.1 Å². The summed E-state index contributed by atoms with van der Waals surface area (Å²) in [7, 11) is 0. The highest BCUT2D eigenvalue weighted by Gasteiger charge is 2.24. The number of nitrogens with one attached hydrogen (secondary N) is 1. The van der Waals surface area contributed by atoms with Crippen molar-refractivity contribution in [2.75, 3.05) is 11.1 Å². The van der Waals surface area contributed by atoms with Gasteiger partial charge in [-0.1, -0.05) is 23.7 Å². The highest BCUT2D eigenvalue weighted by molar-refractivity contribution is 7.99. The fraction of sp³-hybridized carbons (Fsp3) is 0.158. The third-order valence-corrected chi connectivity index (χ3v) is 5.94. The maximum absolute atomic E-state index is 14.0. The lowest BCUT2D eigenvalue weighted by Gasteiger charge is -2.27. The first-order chi connectivity index (χ1) is 13.5. The Morgan fingerprint density at radius 1 is 1.18 bits per heavy atom. The number of anilines is 1. The number of rotatable bonds is 3. The average Bonchev–Trinajstić information content (AvgIpc) is 2.67. The first-order valence-corrected chi connectivity index (χ1v) is 9.73. The van der Waals surface area contributed by atoms with Gasteiger partial charge >= 0.3 is 0 Å². The summed E-state index contributed by atoms with van der Waals surface area (Å²) < 4.78 is 41.9. The van der Waals surface area contributed by atoms with E-state index in [1.165, 1.54) is 24.0 Å². The summed E-state index contributed by atoms with van der Waals surface area (Å²) in [5, 5.41) is 6.90. The third kappa shape index (κ3) is 3.38. The first-order valence-electron chi connectivity index (χ1n) is 8.36. The van der Waals surface area contributed by atoms with E-state index in [0.717, 1.165) is 22.4 Å². The molecule has 2 heterocycles. The molecule has 2 aromatic carbocycles. The van der Waals surface area contributed by atoms with E-state index in [1.807, 2.05) is 6.07 Å². The van der Waals surface area contributed by atoms with Gasteiger partial charge < -0.3 is 5.32 Å². The Balaban J connectivity index is 1.69. The zero-order valence-electron chi connectivity index (χ0n) is 14.3. The van der Waals surface area contributed by atoms with E-state index in [0.29, 0.717) is 23.1 Å². The molecule has 0 bridgehead atoms. The van der Waals surface area contributed by atoms with E-state index in [1.54, 1.807) is 6.07 Å². The predicted octanol–water partition coefficient (Wildman–Crippen LogP) is 4.95. The molecule has 1 aliphatic heterocycles. The van der Waals surface area contributed by atoms with Gasteiger partial charge in [0.1, 0.15) is 22.3 Å². The van der Waals surface area contributed by atoms with Gasteiger partial charge in [-0.05, 0) is 30.2 Å². The van der Waals surface area contributed by atoms with Gasteiger partial charge in [0.15, 0.2) is 5.82 Å². The topological polar surface area (TPSA) is 46.9 Å². The van der Waals surface area contributed by atoms with Crippen LogP contribution in [0.4, 0.5) is 18.9 Å². The zero-order chi connectivity index (χ0) is 19.8. The minimum absolute atomic E-state index is 0.185. The van der Waals surface area contributed by atoms with Crippen molar-refractivity contribution in [3.8, 4) is 5.69 Å². The Kier molecular flexibility index (Phi) is 5.07. The maximum Gasteiger partial charge on any atom is 0.292 e. The summed E-state index contributed by atoms with van der Waals surface area (Å²) in [6, 6.07) is 7.40. The van der Waals surface area contributed by atoms with Crippen molar-refractivity contribution in [2.45, 2.75) is 17.4 Å². The van der Waals surface area contributed by atoms with Gasteiger partial charge in [-0.15, -0.1) is 11.8 Å². The Bertz CT molecular complexity index is 1120. The number of hydrogen-bond donors (Lipinski definition) is 1. The molecule has 0 amide bonds. The van der Waals surface area contributed by atoms with Crippen LogP contribution in [-0.4, -0.2) is 15.5 Å². The molecule has 1 atom stereocenters. The summed E-state index contributed by atoms with van der Waals surface area (Å²) in [5.74, 6) is -1.28. The number of thioether (sulfide) groups is 1. The van der Waals surface area contributed by atoms with Crippen LogP contribution in [0.15, 0.2) is 52.3 Å². The van der Waals surface area contributed by atoms with Crippen LogP contribution in [0.1, 0.15) is 18.0 Å². The SMILES string of the molecule is O=c1c(Cl)c(N[C@@H]2CCSc3c(F)cccc32)cnn1-c1ccc(F)cc1F. The Hall–Kier alpha value is -2.45. The van der Waals surface area contributed by atoms with Gasteiger partial charge in [-0.3, -0.25) is 4.79 Å². The summed E-state index contributed by atoms with van der Waals surface area (Å²) in [4.78, 5) is 13.1. The highest BCUT2D eigenvalue weighted by atomic mass is 35.5. The molecule has 9 heteroatoms. The lowest BCUT2D eigenvalue weighted by atomic mass is 10.0. The minimum Gasteiger partial charge on any atom is -0.375 e. The average molecular weight is 424 g/mol. The van der Waals surface area contributed by atoms with Crippen molar-refractivity contribution in [1.82, 2.24) is 9.78 Å². The van der Waals surface area contributed by atoms with E-state index >= 15 is 0 Å². The molecule has 0 saturated heterocycles. The molecule has 28 heavy (non-hydrogen) atoms. The van der Waals surface area contributed by atoms with Crippen LogP contribution in [0.2, 0.25) is 5.02 Å². The van der Waals surface area contributed by atoms with Crippen LogP contribution < -0.4 is 10.9 Å². The predicted molar refractivity (Wildman–Crippen MR) is 103 cm³/mol. The number of hydrogen-bond acceptors (Lipinski definition) is 4. The van der Waals surface area contributed by atoms with Crippen molar-refractivity contribution in [2.24, 2.45) is 0 Å². The number of nitrogens with zero attached hydrogens (tertiary/aromatic N) is 2. The molecule has 4 nitrogen and oxygen atoms in total. The molecule has 4 rings (SSSR count). The van der Waals surface area contributed by atoms with Gasteiger partial charge in [0.25, 0.3) is 5.56 Å². The molecular weight excluding hydrogens is 411 g/mol. The molecule has 1 aromatic heterocycles. The Morgan fingerprint density at radius 3 is 2.79 bits per heavy atom. The van der Waals surface area contributed by atoms with Crippen molar-refractivity contribution in [1.29, 1.82) is 0 Å². The second-order valence-electron chi connectivity index (χ2n) is 6.18. The van der Waals surface area contributed by atoms with Crippen LogP contribution in [0, 0.1) is 17.5 Å². The van der Waals surface area contributed by atoms with Crippen molar-refractivity contribution in [3.05, 3.63) is 81.0 Å². The molecule has 0 radical (unpaired) electrons. The molecule has 3 aromatic rings. The Morgan fingerprint density at radius 2 is 2.00 bits per heavy atom. The Labute approximate surface area is 167 Å². The number of halogens is 4. The summed E-state index contributed by atoms with van der Waals surface area (Å²) in [5.41, 5.74) is 0.0850. The third-order valence-electron chi connectivity index (χ3n) is 4.41. The molecule has 1 N–H and O–H groups in total. The van der Waals surface area contributed by atoms with E-state index in [2.05, 4.69) is 10.4 Å². The fourth-order valence-corrected chi connectivity index (χ4v) is 4.41. The number of aromatic nitrogens is 2. The minimum atomic E-state index is -0.930. The highest BCUT2D eigenvalue weighted by Crippen LogP contribution is 2.39. The van der Waals surface area contributed by atoms with E-state index in [9.17, 15) is 18.0 Å². The normalized spacial score (nSPS) is 15.9. The lowest BCUT2D eigenvalue weighted by molar-refractivity contribution is 0.570. The lowest BCUT2D eigenvalue weighted by Crippen LogP contribution is -2.25. The largest absolute Gasteiger partial charge is 0.375 e. The smallest absolute Gasteiger partial charge is 0.292 e. The maximum atomic E-state index is 14.0. The van der Waals surface area contributed by atoms with Gasteiger partial charge in [0, 0.05) is 16.7 Å². The van der Waals surface area contributed by atoms with Crippen LogP contribution in [0.25, 0.3) is 5.69 Å². The van der Waals surface area contributed by atoms with Gasteiger partial charge in [-0.2, -0.15) is 9.78 Å². The van der Waals surface area contributed by atoms with Crippen LogP contribution >= 0.6 is 23.4 Å². The molecule has 0 saturated carbocycles. The summed E-state index contributed by atoms with van der Waals surface area (Å²) >= 11 is 7.64. The van der Waals surface area contributed by atoms with E-state index in [4.69, 9.17) is 11.6 Å². The molecular formula is C19H13ClF3N3OS. The van der Waals surface area contributed by atoms with Crippen LogP contribution in [0.3, 0.4) is 0 Å². The molecule has 0 aliphatic carbocycles. The molecule has 144 valence electrons. The fourth-order valence-electron chi connectivity index (χ4n) is 3.08. The zero-order valence-corrected chi connectivity index (χ0v) is 15.8.